The van der Waals surface area contributed by atoms with Gasteiger partial charge in [-0.05, 0) is 24.5 Å². The molecule has 4 rings (SSSR count). The smallest absolute Gasteiger partial charge is 0.407 e. The van der Waals surface area contributed by atoms with Gasteiger partial charge in [0.15, 0.2) is 5.69 Å². The number of carboxylic acid groups (broad SMARTS) is 1. The average Bonchev–Trinajstić information content (AvgIpc) is 3.41. The molecular formula is C28H39FN6O7. The van der Waals surface area contributed by atoms with Gasteiger partial charge in [0.05, 0.1) is 45.0 Å². The van der Waals surface area contributed by atoms with E-state index in [1.54, 1.807) is 21.9 Å². The molecule has 1 N–H and O–H groups in total. The number of benzene rings is 1. The Morgan fingerprint density at radius 1 is 1.14 bits per heavy atom. The first-order valence-electron chi connectivity index (χ1n) is 14.1. The van der Waals surface area contributed by atoms with E-state index in [2.05, 4.69) is 10.3 Å². The zero-order chi connectivity index (χ0) is 30.2. The standard InChI is InChI=1S/C28H39FN6O7/c1-19(2)15-34(21-14-20(16-33(17-21)28(38)39)26(36)32-8-10-41-11-9-32)27(37)25-24(18-42-13-12-40-3)35(31-30-25)23-7-5-4-6-22(23)29/h4-7,19-21H,8-18H2,1-3H3,(H,38,39)/t20-,21+/m1/s1. The molecule has 230 valence electrons. The van der Waals surface area contributed by atoms with Gasteiger partial charge in [0.25, 0.3) is 5.91 Å². The van der Waals surface area contributed by atoms with Gasteiger partial charge in [-0.15, -0.1) is 5.10 Å². The summed E-state index contributed by atoms with van der Waals surface area (Å²) in [6, 6.07) is 5.41. The highest BCUT2D eigenvalue weighted by Crippen LogP contribution is 2.27. The third kappa shape index (κ3) is 7.41. The van der Waals surface area contributed by atoms with E-state index in [1.165, 1.54) is 28.8 Å². The first-order chi connectivity index (χ1) is 20.2. The molecule has 14 heteroatoms. The Balaban J connectivity index is 1.67. The van der Waals surface area contributed by atoms with Crippen molar-refractivity contribution in [3.05, 3.63) is 41.5 Å². The monoisotopic (exact) mass is 590 g/mol. The molecule has 42 heavy (non-hydrogen) atoms. The highest BCUT2D eigenvalue weighted by atomic mass is 19.1. The highest BCUT2D eigenvalue weighted by molar-refractivity contribution is 5.94. The minimum absolute atomic E-state index is 0.0190. The van der Waals surface area contributed by atoms with Crippen LogP contribution < -0.4 is 0 Å². The molecule has 2 aromatic rings. The summed E-state index contributed by atoms with van der Waals surface area (Å²) in [6.07, 6.45) is -0.867. The summed E-state index contributed by atoms with van der Waals surface area (Å²) in [5.74, 6) is -1.79. The van der Waals surface area contributed by atoms with E-state index in [0.717, 1.165) is 0 Å². The molecule has 1 aromatic heterocycles. The summed E-state index contributed by atoms with van der Waals surface area (Å²) in [6.45, 7) is 6.44. The highest BCUT2D eigenvalue weighted by Gasteiger charge is 2.41. The predicted molar refractivity (Wildman–Crippen MR) is 148 cm³/mol. The Kier molecular flexibility index (Phi) is 10.8. The molecule has 2 aliphatic rings. The number of carbonyl (C=O) groups excluding carboxylic acids is 2. The molecular weight excluding hydrogens is 551 g/mol. The molecule has 2 atom stereocenters. The van der Waals surface area contributed by atoms with Crippen LogP contribution in [0.1, 0.15) is 36.5 Å². The SMILES string of the molecule is COCCOCc1c(C(=O)N(CC(C)C)[C@H]2C[C@@H](C(=O)N3CCOCC3)CN(C(=O)O)C2)nnn1-c1ccccc1F. The molecule has 0 spiro atoms. The van der Waals surface area contributed by atoms with Crippen molar-refractivity contribution in [3.8, 4) is 5.69 Å². The maximum absolute atomic E-state index is 14.8. The van der Waals surface area contributed by atoms with Crippen LogP contribution in [-0.4, -0.2) is 125 Å². The third-order valence-electron chi connectivity index (χ3n) is 7.35. The van der Waals surface area contributed by atoms with Crippen LogP contribution in [0.2, 0.25) is 0 Å². The van der Waals surface area contributed by atoms with Crippen LogP contribution in [0.15, 0.2) is 24.3 Å². The first-order valence-corrected chi connectivity index (χ1v) is 14.1. The van der Waals surface area contributed by atoms with Gasteiger partial charge in [-0.3, -0.25) is 9.59 Å². The van der Waals surface area contributed by atoms with Crippen LogP contribution >= 0.6 is 0 Å². The number of nitrogens with zero attached hydrogens (tertiary/aromatic N) is 6. The number of methoxy groups -OCH3 is 1. The van der Waals surface area contributed by atoms with Crippen LogP contribution in [0, 0.1) is 17.7 Å². The molecule has 3 heterocycles. The lowest BCUT2D eigenvalue weighted by Crippen LogP contribution is -2.58. The molecule has 0 radical (unpaired) electrons. The third-order valence-corrected chi connectivity index (χ3v) is 7.35. The number of piperidine rings is 1. The Morgan fingerprint density at radius 3 is 2.55 bits per heavy atom. The van der Waals surface area contributed by atoms with Gasteiger partial charge in [-0.2, -0.15) is 0 Å². The van der Waals surface area contributed by atoms with Crippen molar-refractivity contribution < 1.29 is 38.1 Å². The van der Waals surface area contributed by atoms with Gasteiger partial charge < -0.3 is 34.0 Å². The number of carbonyl (C=O) groups is 3. The summed E-state index contributed by atoms with van der Waals surface area (Å²) < 4.78 is 32.2. The van der Waals surface area contributed by atoms with Gasteiger partial charge >= 0.3 is 6.09 Å². The van der Waals surface area contributed by atoms with Crippen molar-refractivity contribution in [1.29, 1.82) is 0 Å². The summed E-state index contributed by atoms with van der Waals surface area (Å²) in [4.78, 5) is 44.3. The zero-order valence-electron chi connectivity index (χ0n) is 24.3. The van der Waals surface area contributed by atoms with Gasteiger partial charge in [0.1, 0.15) is 17.2 Å². The van der Waals surface area contributed by atoms with Crippen molar-refractivity contribution in [3.63, 3.8) is 0 Å². The second-order valence-corrected chi connectivity index (χ2v) is 10.9. The number of morpholine rings is 1. The van der Waals surface area contributed by atoms with Crippen molar-refractivity contribution in [2.45, 2.75) is 32.9 Å². The molecule has 3 amide bonds. The predicted octanol–water partition coefficient (Wildman–Crippen LogP) is 1.89. The van der Waals surface area contributed by atoms with E-state index in [9.17, 15) is 23.9 Å². The number of ether oxygens (including phenoxy) is 3. The Morgan fingerprint density at radius 2 is 1.88 bits per heavy atom. The minimum atomic E-state index is -1.16. The van der Waals surface area contributed by atoms with E-state index < -0.39 is 29.8 Å². The van der Waals surface area contributed by atoms with Gasteiger partial charge in [-0.25, -0.2) is 13.9 Å². The lowest BCUT2D eigenvalue weighted by molar-refractivity contribution is -0.142. The quantitative estimate of drug-likeness (QED) is 0.389. The molecule has 13 nitrogen and oxygen atoms in total. The number of halogens is 1. The van der Waals surface area contributed by atoms with Gasteiger partial charge in [-0.1, -0.05) is 31.2 Å². The normalized spacial score (nSPS) is 19.3. The van der Waals surface area contributed by atoms with E-state index >= 15 is 0 Å². The topological polar surface area (TPSA) is 140 Å². The van der Waals surface area contributed by atoms with Crippen LogP contribution in [0.25, 0.3) is 5.69 Å². The fourth-order valence-electron chi connectivity index (χ4n) is 5.33. The van der Waals surface area contributed by atoms with Crippen LogP contribution in [0.4, 0.5) is 9.18 Å². The number of likely N-dealkylation sites (tertiary alicyclic amines) is 1. The number of aromatic nitrogens is 3. The largest absolute Gasteiger partial charge is 0.465 e. The molecule has 2 saturated heterocycles. The van der Waals surface area contributed by atoms with E-state index in [0.29, 0.717) is 39.3 Å². The van der Waals surface area contributed by atoms with E-state index in [4.69, 9.17) is 14.2 Å². The van der Waals surface area contributed by atoms with Gasteiger partial charge in [0.2, 0.25) is 5.91 Å². The van der Waals surface area contributed by atoms with Crippen molar-refractivity contribution in [2.24, 2.45) is 11.8 Å². The van der Waals surface area contributed by atoms with E-state index in [-0.39, 0.29) is 61.7 Å². The molecule has 0 aliphatic carbocycles. The molecule has 0 unspecified atom stereocenters. The second-order valence-electron chi connectivity index (χ2n) is 10.9. The summed E-state index contributed by atoms with van der Waals surface area (Å²) in [7, 11) is 1.54. The molecule has 0 saturated carbocycles. The summed E-state index contributed by atoms with van der Waals surface area (Å²) in [5.41, 5.74) is 0.331. The molecule has 0 bridgehead atoms. The van der Waals surface area contributed by atoms with Crippen LogP contribution in [0.3, 0.4) is 0 Å². The lowest BCUT2D eigenvalue weighted by Gasteiger charge is -2.43. The number of hydrogen-bond acceptors (Lipinski definition) is 8. The number of para-hydroxylation sites is 1. The Bertz CT molecular complexity index is 1240. The number of hydrogen-bond donors (Lipinski definition) is 1. The second kappa shape index (κ2) is 14.5. The molecule has 1 aromatic carbocycles. The fourth-order valence-corrected chi connectivity index (χ4v) is 5.33. The Hall–Kier alpha value is -3.62. The number of amides is 3. The van der Waals surface area contributed by atoms with Crippen LogP contribution in [0.5, 0.6) is 0 Å². The van der Waals surface area contributed by atoms with Gasteiger partial charge in [0, 0.05) is 39.8 Å². The van der Waals surface area contributed by atoms with E-state index in [1.807, 2.05) is 13.8 Å². The number of rotatable bonds is 11. The summed E-state index contributed by atoms with van der Waals surface area (Å²) in [5, 5.41) is 18.2. The fraction of sp³-hybridized carbons (Fsp3) is 0.607. The minimum Gasteiger partial charge on any atom is -0.465 e. The molecule has 2 fully saturated rings. The van der Waals surface area contributed by atoms with Crippen molar-refractivity contribution in [2.75, 3.05) is 66.3 Å². The first kappa shape index (κ1) is 31.3. The molecule has 2 aliphatic heterocycles. The zero-order valence-corrected chi connectivity index (χ0v) is 24.3. The Labute approximate surface area is 244 Å². The average molecular weight is 591 g/mol. The summed E-state index contributed by atoms with van der Waals surface area (Å²) >= 11 is 0. The lowest BCUT2D eigenvalue weighted by atomic mass is 9.91. The maximum atomic E-state index is 14.8. The van der Waals surface area contributed by atoms with Crippen molar-refractivity contribution >= 4 is 17.9 Å². The maximum Gasteiger partial charge on any atom is 0.407 e. The van der Waals surface area contributed by atoms with Crippen molar-refractivity contribution in [1.82, 2.24) is 29.7 Å². The van der Waals surface area contributed by atoms with Crippen LogP contribution in [-0.2, 0) is 25.6 Å².